The highest BCUT2D eigenvalue weighted by Gasteiger charge is 2.42. The lowest BCUT2D eigenvalue weighted by Gasteiger charge is -2.28. The van der Waals surface area contributed by atoms with Crippen LogP contribution in [0.3, 0.4) is 0 Å². The van der Waals surface area contributed by atoms with Crippen LogP contribution in [-0.2, 0) is 10.2 Å². The third kappa shape index (κ3) is 2.68. The smallest absolute Gasteiger partial charge is 0.235 e. The quantitative estimate of drug-likeness (QED) is 0.895. The number of nitrogens with one attached hydrogen (secondary N) is 1. The summed E-state index contributed by atoms with van der Waals surface area (Å²) in [5, 5.41) is 3.01. The van der Waals surface area contributed by atoms with Crippen LogP contribution in [0.1, 0.15) is 31.2 Å². The largest absolute Gasteiger partial charge is 0.325 e. The number of benzene rings is 2. The maximum Gasteiger partial charge on any atom is 0.235 e. The Morgan fingerprint density at radius 3 is 2.19 bits per heavy atom. The number of carbonyl (C=O) groups excluding carboxylic acids is 1. The fourth-order valence-corrected chi connectivity index (χ4v) is 3.17. The van der Waals surface area contributed by atoms with Crippen molar-refractivity contribution in [3.05, 3.63) is 66.0 Å². The third-order valence-electron chi connectivity index (χ3n) is 4.32. The van der Waals surface area contributed by atoms with Crippen LogP contribution in [0.4, 0.5) is 10.1 Å². The first kappa shape index (κ1) is 13.8. The fraction of sp³-hybridized carbons (Fsp3) is 0.278. The van der Waals surface area contributed by atoms with E-state index in [4.69, 9.17) is 0 Å². The molecule has 0 saturated heterocycles. The van der Waals surface area contributed by atoms with Crippen LogP contribution in [0.25, 0.3) is 0 Å². The molecule has 1 amide bonds. The summed E-state index contributed by atoms with van der Waals surface area (Å²) in [5.41, 5.74) is 1.19. The number of anilines is 1. The standard InChI is InChI=1S/C18H18FNO/c19-15-10-8-14(9-11-15)18(12-4-5-13-18)17(21)20-16-6-2-1-3-7-16/h1-3,6-11H,4-5,12-13H2,(H,20,21). The van der Waals surface area contributed by atoms with Crippen molar-refractivity contribution in [1.29, 1.82) is 0 Å². The topological polar surface area (TPSA) is 29.1 Å². The van der Waals surface area contributed by atoms with Crippen molar-refractivity contribution in [2.24, 2.45) is 0 Å². The second kappa shape index (κ2) is 5.68. The highest BCUT2D eigenvalue weighted by molar-refractivity contribution is 5.99. The van der Waals surface area contributed by atoms with Crippen LogP contribution < -0.4 is 5.32 Å². The van der Waals surface area contributed by atoms with E-state index in [0.29, 0.717) is 0 Å². The number of halogens is 1. The Balaban J connectivity index is 1.90. The summed E-state index contributed by atoms with van der Waals surface area (Å²) in [5.74, 6) is -0.256. The van der Waals surface area contributed by atoms with Gasteiger partial charge in [0, 0.05) is 5.69 Å². The van der Waals surface area contributed by atoms with Gasteiger partial charge in [-0.3, -0.25) is 4.79 Å². The summed E-state index contributed by atoms with van der Waals surface area (Å²) in [6.45, 7) is 0. The van der Waals surface area contributed by atoms with Crippen LogP contribution in [0.5, 0.6) is 0 Å². The van der Waals surface area contributed by atoms with Gasteiger partial charge in [0.15, 0.2) is 0 Å². The first-order valence-electron chi connectivity index (χ1n) is 7.33. The molecule has 0 radical (unpaired) electrons. The molecule has 0 spiro atoms. The Morgan fingerprint density at radius 2 is 1.57 bits per heavy atom. The molecule has 2 aromatic carbocycles. The van der Waals surface area contributed by atoms with Gasteiger partial charge in [-0.2, -0.15) is 0 Å². The zero-order chi connectivity index (χ0) is 14.7. The Bertz CT molecular complexity index is 615. The highest BCUT2D eigenvalue weighted by Crippen LogP contribution is 2.42. The molecular weight excluding hydrogens is 265 g/mol. The van der Waals surface area contributed by atoms with E-state index in [2.05, 4.69) is 5.32 Å². The minimum absolute atomic E-state index is 0.0119. The molecule has 0 bridgehead atoms. The Kier molecular flexibility index (Phi) is 3.74. The molecule has 0 heterocycles. The normalized spacial score (nSPS) is 16.6. The third-order valence-corrected chi connectivity index (χ3v) is 4.32. The summed E-state index contributed by atoms with van der Waals surface area (Å²) in [6, 6.07) is 15.8. The van der Waals surface area contributed by atoms with Gasteiger partial charge >= 0.3 is 0 Å². The van der Waals surface area contributed by atoms with Crippen LogP contribution in [0.15, 0.2) is 54.6 Å². The zero-order valence-corrected chi connectivity index (χ0v) is 11.8. The monoisotopic (exact) mass is 283 g/mol. The van der Waals surface area contributed by atoms with Crippen molar-refractivity contribution in [2.45, 2.75) is 31.1 Å². The van der Waals surface area contributed by atoms with E-state index in [1.165, 1.54) is 12.1 Å². The minimum atomic E-state index is -0.524. The molecule has 0 atom stereocenters. The molecule has 0 aromatic heterocycles. The SMILES string of the molecule is O=C(Nc1ccccc1)C1(c2ccc(F)cc2)CCCC1. The van der Waals surface area contributed by atoms with Crippen molar-refractivity contribution >= 4 is 11.6 Å². The predicted octanol–water partition coefficient (Wildman–Crippen LogP) is 4.28. The number of hydrogen-bond donors (Lipinski definition) is 1. The van der Waals surface area contributed by atoms with Crippen molar-refractivity contribution < 1.29 is 9.18 Å². The van der Waals surface area contributed by atoms with E-state index < -0.39 is 5.41 Å². The summed E-state index contributed by atoms with van der Waals surface area (Å²) in [6.07, 6.45) is 3.69. The first-order chi connectivity index (χ1) is 10.2. The van der Waals surface area contributed by atoms with E-state index in [1.54, 1.807) is 12.1 Å². The molecule has 0 unspecified atom stereocenters. The molecule has 2 nitrogen and oxygen atoms in total. The Hall–Kier alpha value is -2.16. The molecular formula is C18H18FNO. The van der Waals surface area contributed by atoms with E-state index >= 15 is 0 Å². The van der Waals surface area contributed by atoms with E-state index in [-0.39, 0.29) is 11.7 Å². The van der Waals surface area contributed by atoms with E-state index in [9.17, 15) is 9.18 Å². The Morgan fingerprint density at radius 1 is 0.952 bits per heavy atom. The number of para-hydroxylation sites is 1. The van der Waals surface area contributed by atoms with Gasteiger partial charge in [-0.1, -0.05) is 43.2 Å². The van der Waals surface area contributed by atoms with Gasteiger partial charge in [0.2, 0.25) is 5.91 Å². The number of rotatable bonds is 3. The number of hydrogen-bond acceptors (Lipinski definition) is 1. The van der Waals surface area contributed by atoms with Gasteiger partial charge in [-0.25, -0.2) is 4.39 Å². The number of carbonyl (C=O) groups is 1. The lowest BCUT2D eigenvalue weighted by atomic mass is 9.78. The second-order valence-electron chi connectivity index (χ2n) is 5.62. The molecule has 2 aromatic rings. The lowest BCUT2D eigenvalue weighted by Crippen LogP contribution is -2.38. The highest BCUT2D eigenvalue weighted by atomic mass is 19.1. The van der Waals surface area contributed by atoms with E-state index in [1.807, 2.05) is 30.3 Å². The molecule has 1 fully saturated rings. The summed E-state index contributed by atoms with van der Waals surface area (Å²) >= 11 is 0. The van der Waals surface area contributed by atoms with Gasteiger partial charge < -0.3 is 5.32 Å². The molecule has 1 saturated carbocycles. The lowest BCUT2D eigenvalue weighted by molar-refractivity contribution is -0.121. The molecule has 1 N–H and O–H groups in total. The molecule has 3 heteroatoms. The van der Waals surface area contributed by atoms with Crippen LogP contribution >= 0.6 is 0 Å². The zero-order valence-electron chi connectivity index (χ0n) is 11.8. The first-order valence-corrected chi connectivity index (χ1v) is 7.33. The van der Waals surface area contributed by atoms with Crippen LogP contribution in [-0.4, -0.2) is 5.91 Å². The molecule has 108 valence electrons. The van der Waals surface area contributed by atoms with E-state index in [0.717, 1.165) is 36.9 Å². The molecule has 1 aliphatic carbocycles. The summed E-state index contributed by atoms with van der Waals surface area (Å²) in [7, 11) is 0. The molecule has 3 rings (SSSR count). The van der Waals surface area contributed by atoms with Crippen molar-refractivity contribution in [1.82, 2.24) is 0 Å². The van der Waals surface area contributed by atoms with Gasteiger partial charge in [0.25, 0.3) is 0 Å². The Labute approximate surface area is 124 Å². The van der Waals surface area contributed by atoms with Gasteiger partial charge in [0.1, 0.15) is 5.82 Å². The average Bonchev–Trinajstić information content (AvgIpc) is 3.00. The van der Waals surface area contributed by atoms with Gasteiger partial charge in [-0.15, -0.1) is 0 Å². The maximum absolute atomic E-state index is 13.1. The minimum Gasteiger partial charge on any atom is -0.325 e. The van der Waals surface area contributed by atoms with Gasteiger partial charge in [-0.05, 0) is 42.7 Å². The fourth-order valence-electron chi connectivity index (χ4n) is 3.17. The number of amides is 1. The summed E-state index contributed by atoms with van der Waals surface area (Å²) in [4.78, 5) is 12.8. The average molecular weight is 283 g/mol. The summed E-state index contributed by atoms with van der Waals surface area (Å²) < 4.78 is 13.1. The van der Waals surface area contributed by atoms with Crippen molar-refractivity contribution in [2.75, 3.05) is 5.32 Å². The molecule has 21 heavy (non-hydrogen) atoms. The van der Waals surface area contributed by atoms with Crippen LogP contribution in [0.2, 0.25) is 0 Å². The van der Waals surface area contributed by atoms with Gasteiger partial charge in [0.05, 0.1) is 5.41 Å². The second-order valence-corrected chi connectivity index (χ2v) is 5.62. The molecule has 0 aliphatic heterocycles. The van der Waals surface area contributed by atoms with Crippen molar-refractivity contribution in [3.8, 4) is 0 Å². The van der Waals surface area contributed by atoms with Crippen molar-refractivity contribution in [3.63, 3.8) is 0 Å². The molecule has 1 aliphatic rings. The predicted molar refractivity (Wildman–Crippen MR) is 81.6 cm³/mol. The van der Waals surface area contributed by atoms with Crippen LogP contribution in [0, 0.1) is 5.82 Å². The maximum atomic E-state index is 13.1.